The highest BCUT2D eigenvalue weighted by Crippen LogP contribution is 2.27. The zero-order valence-electron chi connectivity index (χ0n) is 52.1. The molecule has 23 heteroatoms. The van der Waals surface area contributed by atoms with Gasteiger partial charge >= 0.3 is 0 Å². The highest BCUT2D eigenvalue weighted by molar-refractivity contribution is 6.04. The minimum atomic E-state index is -1.05. The molecule has 4 atom stereocenters. The predicted octanol–water partition coefficient (Wildman–Crippen LogP) is 5.06. The molecule has 4 aromatic carbocycles. The van der Waals surface area contributed by atoms with Gasteiger partial charge in [0, 0.05) is 38.5 Å². The Bertz CT molecular complexity index is 3080. The van der Waals surface area contributed by atoms with Gasteiger partial charge in [-0.15, -0.1) is 0 Å². The molecule has 4 aromatic rings. The fourth-order valence-corrected chi connectivity index (χ4v) is 10.2. The Morgan fingerprint density at radius 1 is 0.378 bits per heavy atom. The van der Waals surface area contributed by atoms with E-state index in [1.54, 1.807) is 30.3 Å². The van der Waals surface area contributed by atoms with Crippen LogP contribution in [-0.4, -0.2) is 137 Å². The number of ketones is 5. The third-order valence-electron chi connectivity index (χ3n) is 15.1. The molecule has 0 fully saturated rings. The lowest BCUT2D eigenvalue weighted by Gasteiger charge is -2.21. The van der Waals surface area contributed by atoms with Gasteiger partial charge in [0.1, 0.15) is 28.8 Å². The van der Waals surface area contributed by atoms with Crippen molar-refractivity contribution in [1.82, 2.24) is 21.3 Å². The number of benzene rings is 4. The van der Waals surface area contributed by atoms with E-state index in [1.165, 1.54) is 77.8 Å². The molecule has 0 bridgehead atoms. The Labute approximate surface area is 528 Å². The average Bonchev–Trinajstić information content (AvgIpc) is 2.39. The molecule has 0 aliphatic rings. The fourth-order valence-electron chi connectivity index (χ4n) is 10.2. The summed E-state index contributed by atoms with van der Waals surface area (Å²) in [5.74, 6) is -3.72. The molecule has 0 saturated carbocycles. The highest BCUT2D eigenvalue weighted by atomic mass is 16.5. The van der Waals surface area contributed by atoms with Gasteiger partial charge in [-0.25, -0.2) is 0 Å². The zero-order valence-corrected chi connectivity index (χ0v) is 52.1. The average molecular weight is 1250 g/mol. The van der Waals surface area contributed by atoms with Gasteiger partial charge in [-0.1, -0.05) is 31.7 Å². The monoisotopic (exact) mass is 1250 g/mol. The fraction of sp³-hybridized carbons (Fsp3) is 0.493. The van der Waals surface area contributed by atoms with Gasteiger partial charge in [0.05, 0.1) is 74.9 Å². The molecule has 14 N–H and O–H groups in total. The number of amides is 5. The van der Waals surface area contributed by atoms with E-state index >= 15 is 0 Å². The third-order valence-corrected chi connectivity index (χ3v) is 15.1. The second-order valence-corrected chi connectivity index (χ2v) is 22.0. The number of carbonyl (C=O) groups excluding carboxylic acids is 10. The van der Waals surface area contributed by atoms with Gasteiger partial charge in [-0.3, -0.25) is 43.2 Å². The number of nitrogens with two attached hydrogens (primary N) is 5. The van der Waals surface area contributed by atoms with Crippen molar-refractivity contribution in [3.63, 3.8) is 0 Å². The summed E-state index contributed by atoms with van der Waals surface area (Å²) in [6.45, 7) is 2.90. The Kier molecular flexibility index (Phi) is 34.0. The molecule has 0 saturated heterocycles. The molecule has 492 valence electrons. The van der Waals surface area contributed by atoms with Crippen LogP contribution in [0.15, 0.2) is 72.8 Å². The van der Waals surface area contributed by atoms with Crippen molar-refractivity contribution in [1.29, 1.82) is 0 Å². The number of nitrogens with one attached hydrogen (secondary N) is 4. The van der Waals surface area contributed by atoms with Gasteiger partial charge in [0.25, 0.3) is 23.6 Å². The number of Topliss-reactive ketones (excluding diaryl/α,β-unsaturated/α-hetero) is 5. The van der Waals surface area contributed by atoms with Crippen molar-refractivity contribution in [2.45, 2.75) is 161 Å². The maximum Gasteiger partial charge on any atom is 0.255 e. The summed E-state index contributed by atoms with van der Waals surface area (Å²) in [7, 11) is 5.54. The minimum absolute atomic E-state index is 0. The van der Waals surface area contributed by atoms with Crippen molar-refractivity contribution in [3.8, 4) is 23.0 Å². The Morgan fingerprint density at radius 3 is 0.900 bits per heavy atom. The number of rotatable bonds is 44. The molecule has 0 heterocycles. The van der Waals surface area contributed by atoms with Gasteiger partial charge < -0.3 is 73.7 Å². The molecule has 0 radical (unpaired) electrons. The summed E-state index contributed by atoms with van der Waals surface area (Å²) < 4.78 is 22.0. The third kappa shape index (κ3) is 24.5. The van der Waals surface area contributed by atoms with Gasteiger partial charge in [0.15, 0.2) is 23.1 Å². The standard InChI is InChI=1S/C66H91N9O14.CH4/c1-41(76)15-14-20-62(81)72-50(16-6-10-29-67)54(77)38-43-22-26-59(87-3)47(34-43)64(83)74-52(18-8-12-31-69)56(79)40-45-24-28-61(89-5)49(36-45)66(85)75-53(19-9-13-32-70)57(80)39-44-23-27-60(88-4)48(35-44)65(84)73-51(17-7-11-30-68)55(78)37-42-21-25-58(86-2)46(33-42)63(71)82;/h21-28,33-36,50-53H,6-20,29-32,37-40,67-70H2,1-5H3,(H2,71,82)(H,72,81)(H,73,84)(H,74,83)(H,75,85);1H4/t50-,51-,52-,53-;/m0./s1. The molecule has 0 aliphatic carbocycles. The lowest BCUT2D eigenvalue weighted by molar-refractivity contribution is -0.128. The molecule has 23 nitrogen and oxygen atoms in total. The number of primary amides is 1. The number of carbonyl (C=O) groups is 10. The second-order valence-electron chi connectivity index (χ2n) is 22.0. The van der Waals surface area contributed by atoms with E-state index in [1.807, 2.05) is 0 Å². The predicted molar refractivity (Wildman–Crippen MR) is 344 cm³/mol. The number of hydrogen-bond acceptors (Lipinski definition) is 18. The first kappa shape index (κ1) is 75.9. The topological polar surface area (TPSA) is 386 Å². The van der Waals surface area contributed by atoms with Crippen molar-refractivity contribution in [2.75, 3.05) is 54.6 Å². The van der Waals surface area contributed by atoms with Crippen LogP contribution in [0.3, 0.4) is 0 Å². The van der Waals surface area contributed by atoms with Crippen molar-refractivity contribution < 1.29 is 66.9 Å². The van der Waals surface area contributed by atoms with Gasteiger partial charge in [-0.2, -0.15) is 0 Å². The summed E-state index contributed by atoms with van der Waals surface area (Å²) in [6, 6.07) is 14.8. The Morgan fingerprint density at radius 2 is 0.644 bits per heavy atom. The van der Waals surface area contributed by atoms with Crippen LogP contribution in [0, 0.1) is 0 Å². The van der Waals surface area contributed by atoms with Crippen LogP contribution >= 0.6 is 0 Å². The molecular formula is C67H95N9O14. The van der Waals surface area contributed by atoms with E-state index in [-0.39, 0.29) is 140 Å². The summed E-state index contributed by atoms with van der Waals surface area (Å²) >= 11 is 0. The van der Waals surface area contributed by atoms with E-state index in [9.17, 15) is 47.9 Å². The maximum atomic E-state index is 14.4. The van der Waals surface area contributed by atoms with E-state index < -0.39 is 53.6 Å². The summed E-state index contributed by atoms with van der Waals surface area (Å²) in [5.41, 5.74) is 30.7. The smallest absolute Gasteiger partial charge is 0.255 e. The summed E-state index contributed by atoms with van der Waals surface area (Å²) in [4.78, 5) is 135. The summed E-state index contributed by atoms with van der Waals surface area (Å²) in [5, 5.41) is 11.4. The van der Waals surface area contributed by atoms with Gasteiger partial charge in [0.2, 0.25) is 5.91 Å². The molecule has 0 spiro atoms. The molecule has 0 unspecified atom stereocenters. The molecule has 4 rings (SSSR count). The lowest BCUT2D eigenvalue weighted by atomic mass is 9.95. The number of hydrogen-bond donors (Lipinski definition) is 9. The summed E-state index contributed by atoms with van der Waals surface area (Å²) in [6.07, 6.45) is 5.39. The first-order valence-electron chi connectivity index (χ1n) is 30.3. The molecule has 0 aliphatic heterocycles. The van der Waals surface area contributed by atoms with Crippen molar-refractivity contribution in [3.05, 3.63) is 117 Å². The van der Waals surface area contributed by atoms with Gasteiger partial charge in [-0.05, 0) is 187 Å². The zero-order chi connectivity index (χ0) is 65.4. The van der Waals surface area contributed by atoms with Crippen LogP contribution in [0.4, 0.5) is 0 Å². The Hall–Kier alpha value is -8.38. The normalized spacial score (nSPS) is 12.2. The van der Waals surface area contributed by atoms with Crippen molar-refractivity contribution >= 4 is 58.5 Å². The van der Waals surface area contributed by atoms with Crippen LogP contribution in [0.2, 0.25) is 0 Å². The SMILES string of the molecule is C.COc1ccc(CC(=O)[C@H](CCCCN)NC(=O)c2cc(CC(=O)[C@H](CCCCN)NC(=O)c3cc(CC(=O)[C@H](CCCCN)NC(=O)c4cc(CC(=O)[C@H](CCCCN)NC(=O)CCCC(C)=O)ccc4OC)ccc3OC)ccc2OC)cc1C(N)=O. The molecule has 90 heavy (non-hydrogen) atoms. The van der Waals surface area contributed by atoms with Crippen LogP contribution in [0.5, 0.6) is 23.0 Å². The van der Waals surface area contributed by atoms with Crippen LogP contribution in [0.25, 0.3) is 0 Å². The minimum Gasteiger partial charge on any atom is -0.496 e. The second kappa shape index (κ2) is 40.3. The molecule has 0 aromatic heterocycles. The van der Waals surface area contributed by atoms with Crippen LogP contribution in [-0.2, 0) is 54.5 Å². The molecular weight excluding hydrogens is 1150 g/mol. The van der Waals surface area contributed by atoms with E-state index in [4.69, 9.17) is 47.6 Å². The number of methoxy groups -OCH3 is 4. The maximum absolute atomic E-state index is 14.4. The first-order valence-corrected chi connectivity index (χ1v) is 30.3. The highest BCUT2D eigenvalue weighted by Gasteiger charge is 2.29. The number of unbranched alkanes of at least 4 members (excludes halogenated alkanes) is 4. The van der Waals surface area contributed by atoms with E-state index in [0.29, 0.717) is 113 Å². The quantitative estimate of drug-likeness (QED) is 0.0261. The lowest BCUT2D eigenvalue weighted by Crippen LogP contribution is -2.42. The largest absolute Gasteiger partial charge is 0.496 e. The van der Waals surface area contributed by atoms with E-state index in [2.05, 4.69) is 21.3 Å². The van der Waals surface area contributed by atoms with Crippen LogP contribution in [0.1, 0.15) is 174 Å². The van der Waals surface area contributed by atoms with Crippen LogP contribution < -0.4 is 68.9 Å². The first-order chi connectivity index (χ1) is 42.7. The number of ether oxygens (including phenoxy) is 4. The van der Waals surface area contributed by atoms with E-state index in [0.717, 1.165) is 0 Å². The molecule has 5 amide bonds. The van der Waals surface area contributed by atoms with Crippen molar-refractivity contribution in [2.24, 2.45) is 28.7 Å². The Balaban J connectivity index is 0.0000212.